The first kappa shape index (κ1) is 30.5. The summed E-state index contributed by atoms with van der Waals surface area (Å²) in [4.78, 5) is 27.9. The molecular formula is C28H32F2N6O6S. The van der Waals surface area contributed by atoms with E-state index in [4.69, 9.17) is 9.47 Å². The molecule has 1 unspecified atom stereocenters. The summed E-state index contributed by atoms with van der Waals surface area (Å²) in [7, 11) is -0.422. The SMILES string of the molecule is CN(C)CCOc1ccc(C(=O)Nc2n[nH]c3c2CN(S(=O)(=O)c2cc(F)cc(F)c2)CC3)c(NC(=O)C2CCOC2)c1. The van der Waals surface area contributed by atoms with Gasteiger partial charge in [0.2, 0.25) is 15.9 Å². The first-order valence-corrected chi connectivity index (χ1v) is 15.1. The highest BCUT2D eigenvalue weighted by atomic mass is 32.2. The zero-order valence-corrected chi connectivity index (χ0v) is 24.5. The fourth-order valence-electron chi connectivity index (χ4n) is 4.82. The highest BCUT2D eigenvalue weighted by Gasteiger charge is 2.33. The van der Waals surface area contributed by atoms with Crippen LogP contribution in [0.3, 0.4) is 0 Å². The van der Waals surface area contributed by atoms with Crippen LogP contribution >= 0.6 is 0 Å². The fourth-order valence-corrected chi connectivity index (χ4v) is 6.27. The molecule has 3 aromatic rings. The Hall–Kier alpha value is -3.92. The second-order valence-electron chi connectivity index (χ2n) is 10.6. The molecule has 0 spiro atoms. The molecule has 3 heterocycles. The number of anilines is 2. The molecule has 230 valence electrons. The molecule has 1 fully saturated rings. The molecule has 0 saturated carbocycles. The Morgan fingerprint density at radius 3 is 2.63 bits per heavy atom. The standard InChI is InChI=1S/C28H32F2N6O6S/c1-35(2)8-10-42-20-3-4-22(25(14-20)31-27(37)17-6-9-41-16-17)28(38)32-26-23-15-36(7-5-24(23)33-34-26)43(39,40)21-12-18(29)11-19(30)13-21/h3-4,11-14,17H,5-10,15-16H2,1-2H3,(H,31,37)(H2,32,33,34,38). The van der Waals surface area contributed by atoms with E-state index in [-0.39, 0.29) is 55.0 Å². The number of carbonyl (C=O) groups is 2. The van der Waals surface area contributed by atoms with Crippen LogP contribution in [0.5, 0.6) is 5.75 Å². The molecule has 2 aromatic carbocycles. The molecule has 0 radical (unpaired) electrons. The van der Waals surface area contributed by atoms with Gasteiger partial charge in [-0.05, 0) is 44.8 Å². The number of amides is 2. The van der Waals surface area contributed by atoms with Gasteiger partial charge in [-0.1, -0.05) is 0 Å². The maximum Gasteiger partial charge on any atom is 0.258 e. The molecule has 2 amide bonds. The Morgan fingerprint density at radius 1 is 1.16 bits per heavy atom. The third kappa shape index (κ3) is 7.01. The molecule has 1 saturated heterocycles. The second-order valence-corrected chi connectivity index (χ2v) is 12.5. The maximum atomic E-state index is 13.8. The number of hydrogen-bond acceptors (Lipinski definition) is 8. The third-order valence-electron chi connectivity index (χ3n) is 7.21. The fraction of sp³-hybridized carbons (Fsp3) is 0.393. The number of H-pyrrole nitrogens is 1. The van der Waals surface area contributed by atoms with Gasteiger partial charge in [0.05, 0.1) is 28.7 Å². The van der Waals surface area contributed by atoms with Crippen molar-refractivity contribution in [3.63, 3.8) is 0 Å². The van der Waals surface area contributed by atoms with E-state index in [0.717, 1.165) is 16.4 Å². The largest absolute Gasteiger partial charge is 0.492 e. The lowest BCUT2D eigenvalue weighted by Gasteiger charge is -2.26. The number of rotatable bonds is 10. The molecule has 43 heavy (non-hydrogen) atoms. The zero-order valence-electron chi connectivity index (χ0n) is 23.7. The topological polar surface area (TPSA) is 146 Å². The van der Waals surface area contributed by atoms with Crippen LogP contribution in [0, 0.1) is 17.6 Å². The number of benzene rings is 2. The molecule has 5 rings (SSSR count). The summed E-state index contributed by atoms with van der Waals surface area (Å²) in [5.74, 6) is -2.70. The van der Waals surface area contributed by atoms with Crippen LogP contribution in [0.25, 0.3) is 0 Å². The summed E-state index contributed by atoms with van der Waals surface area (Å²) >= 11 is 0. The number of aromatic amines is 1. The first-order chi connectivity index (χ1) is 20.5. The van der Waals surface area contributed by atoms with Crippen molar-refractivity contribution in [2.45, 2.75) is 24.3 Å². The van der Waals surface area contributed by atoms with Gasteiger partial charge in [-0.15, -0.1) is 0 Å². The van der Waals surface area contributed by atoms with E-state index >= 15 is 0 Å². The molecule has 2 aliphatic rings. The minimum atomic E-state index is -4.25. The van der Waals surface area contributed by atoms with Gasteiger partial charge in [-0.25, -0.2) is 17.2 Å². The van der Waals surface area contributed by atoms with Crippen LogP contribution < -0.4 is 15.4 Å². The van der Waals surface area contributed by atoms with Crippen molar-refractivity contribution >= 4 is 33.3 Å². The average molecular weight is 619 g/mol. The van der Waals surface area contributed by atoms with E-state index in [1.807, 2.05) is 19.0 Å². The minimum absolute atomic E-state index is 0.0411. The third-order valence-corrected chi connectivity index (χ3v) is 9.03. The van der Waals surface area contributed by atoms with Crippen molar-refractivity contribution in [2.24, 2.45) is 5.92 Å². The van der Waals surface area contributed by atoms with Gasteiger partial charge >= 0.3 is 0 Å². The smallest absolute Gasteiger partial charge is 0.258 e. The quantitative estimate of drug-likeness (QED) is 0.315. The maximum absolute atomic E-state index is 13.8. The molecular weight excluding hydrogens is 586 g/mol. The summed E-state index contributed by atoms with van der Waals surface area (Å²) in [5.41, 5.74) is 1.40. The van der Waals surface area contributed by atoms with Gasteiger partial charge in [0.1, 0.15) is 24.0 Å². The minimum Gasteiger partial charge on any atom is -0.492 e. The predicted octanol–water partition coefficient (Wildman–Crippen LogP) is 2.60. The summed E-state index contributed by atoms with van der Waals surface area (Å²) in [6.45, 7) is 1.67. The highest BCUT2D eigenvalue weighted by molar-refractivity contribution is 7.89. The van der Waals surface area contributed by atoms with Crippen molar-refractivity contribution < 1.29 is 36.3 Å². The number of aromatic nitrogens is 2. The Morgan fingerprint density at radius 2 is 1.93 bits per heavy atom. The lowest BCUT2D eigenvalue weighted by atomic mass is 10.1. The zero-order chi connectivity index (χ0) is 30.7. The Kier molecular flexibility index (Phi) is 9.05. The van der Waals surface area contributed by atoms with Crippen molar-refractivity contribution in [1.82, 2.24) is 19.4 Å². The molecule has 3 N–H and O–H groups in total. The van der Waals surface area contributed by atoms with E-state index in [1.54, 1.807) is 12.1 Å². The van der Waals surface area contributed by atoms with Crippen molar-refractivity contribution in [3.05, 3.63) is 64.9 Å². The number of nitrogens with zero attached hydrogens (tertiary/aromatic N) is 3. The summed E-state index contributed by atoms with van der Waals surface area (Å²) in [6.07, 6.45) is 0.798. The number of ether oxygens (including phenoxy) is 2. The summed E-state index contributed by atoms with van der Waals surface area (Å²) in [6, 6.07) is 6.82. The molecule has 1 aromatic heterocycles. The van der Waals surface area contributed by atoms with Gasteiger partial charge in [-0.3, -0.25) is 14.7 Å². The Balaban J connectivity index is 1.37. The summed E-state index contributed by atoms with van der Waals surface area (Å²) in [5, 5.41) is 12.5. The Labute approximate surface area is 247 Å². The monoisotopic (exact) mass is 618 g/mol. The van der Waals surface area contributed by atoms with E-state index in [9.17, 15) is 26.8 Å². The molecule has 15 heteroatoms. The van der Waals surface area contributed by atoms with Crippen LogP contribution in [-0.4, -0.2) is 86.6 Å². The van der Waals surface area contributed by atoms with Crippen molar-refractivity contribution in [2.75, 3.05) is 57.6 Å². The van der Waals surface area contributed by atoms with E-state index in [0.29, 0.717) is 49.3 Å². The number of nitrogens with one attached hydrogen (secondary N) is 3. The van der Waals surface area contributed by atoms with Crippen LogP contribution in [0.15, 0.2) is 41.3 Å². The number of carbonyl (C=O) groups excluding carboxylic acids is 2. The van der Waals surface area contributed by atoms with Gasteiger partial charge < -0.3 is 25.0 Å². The number of fused-ring (bicyclic) bond motifs is 1. The van der Waals surface area contributed by atoms with Crippen LogP contribution in [-0.2, 0) is 32.5 Å². The van der Waals surface area contributed by atoms with Crippen molar-refractivity contribution in [3.8, 4) is 5.75 Å². The molecule has 0 bridgehead atoms. The van der Waals surface area contributed by atoms with E-state index < -0.39 is 32.5 Å². The van der Waals surface area contributed by atoms with Gasteiger partial charge in [-0.2, -0.15) is 9.40 Å². The molecule has 1 atom stereocenters. The number of likely N-dealkylation sites (N-methyl/N-ethyl adjacent to an activating group) is 1. The van der Waals surface area contributed by atoms with Crippen LogP contribution in [0.4, 0.5) is 20.3 Å². The second kappa shape index (κ2) is 12.8. The van der Waals surface area contributed by atoms with Crippen LogP contribution in [0.2, 0.25) is 0 Å². The molecule has 2 aliphatic heterocycles. The highest BCUT2D eigenvalue weighted by Crippen LogP contribution is 2.30. The molecule has 0 aliphatic carbocycles. The number of hydrogen-bond donors (Lipinski definition) is 3. The lowest BCUT2D eigenvalue weighted by Crippen LogP contribution is -2.36. The number of halogens is 2. The van der Waals surface area contributed by atoms with Gasteiger partial charge in [0.25, 0.3) is 5.91 Å². The average Bonchev–Trinajstić information content (AvgIpc) is 3.63. The molecule has 12 nitrogen and oxygen atoms in total. The van der Waals surface area contributed by atoms with Gasteiger partial charge in [0, 0.05) is 56.1 Å². The lowest BCUT2D eigenvalue weighted by molar-refractivity contribution is -0.119. The van der Waals surface area contributed by atoms with Crippen molar-refractivity contribution in [1.29, 1.82) is 0 Å². The van der Waals surface area contributed by atoms with E-state index in [1.165, 1.54) is 6.07 Å². The number of sulfonamides is 1. The Bertz CT molecular complexity index is 1600. The van der Waals surface area contributed by atoms with E-state index in [2.05, 4.69) is 20.8 Å². The first-order valence-electron chi connectivity index (χ1n) is 13.6. The van der Waals surface area contributed by atoms with Crippen LogP contribution in [0.1, 0.15) is 28.0 Å². The summed E-state index contributed by atoms with van der Waals surface area (Å²) < 4.78 is 66.1. The predicted molar refractivity (Wildman–Crippen MR) is 152 cm³/mol. The normalized spacial score (nSPS) is 17.1. The van der Waals surface area contributed by atoms with Gasteiger partial charge in [0.15, 0.2) is 5.82 Å².